The van der Waals surface area contributed by atoms with Crippen molar-refractivity contribution < 1.29 is 14.2 Å². The number of hydrogen-bond acceptors (Lipinski definition) is 4. The Morgan fingerprint density at radius 2 is 2.09 bits per heavy atom. The van der Waals surface area contributed by atoms with E-state index in [1.807, 2.05) is 18.2 Å². The third-order valence-electron chi connectivity index (χ3n) is 3.91. The standard InChI is InChI=1S/C17H27N3O3/c1-18-17(19-9-8-14-5-4-10-23-14)20-12-13-6-7-15(21-2)16(11-13)22-3/h6-7,11,14H,4-5,8-10,12H2,1-3H3,(H2,18,19,20). The van der Waals surface area contributed by atoms with E-state index in [1.165, 1.54) is 12.8 Å². The normalized spacial score (nSPS) is 17.9. The molecule has 23 heavy (non-hydrogen) atoms. The van der Waals surface area contributed by atoms with Crippen LogP contribution in [0.3, 0.4) is 0 Å². The van der Waals surface area contributed by atoms with Crippen LogP contribution in [0, 0.1) is 0 Å². The van der Waals surface area contributed by atoms with Gasteiger partial charge in [0.1, 0.15) is 0 Å². The minimum Gasteiger partial charge on any atom is -0.493 e. The fourth-order valence-electron chi connectivity index (χ4n) is 2.62. The minimum absolute atomic E-state index is 0.395. The van der Waals surface area contributed by atoms with E-state index in [0.717, 1.165) is 42.6 Å². The number of hydrogen-bond donors (Lipinski definition) is 2. The molecule has 0 radical (unpaired) electrons. The number of methoxy groups -OCH3 is 2. The molecule has 0 amide bonds. The van der Waals surface area contributed by atoms with Crippen LogP contribution in [0.1, 0.15) is 24.8 Å². The lowest BCUT2D eigenvalue weighted by molar-refractivity contribution is 0.105. The van der Waals surface area contributed by atoms with E-state index in [0.29, 0.717) is 12.6 Å². The lowest BCUT2D eigenvalue weighted by Gasteiger charge is -2.15. The van der Waals surface area contributed by atoms with Gasteiger partial charge in [0, 0.05) is 26.7 Å². The average molecular weight is 321 g/mol. The first-order valence-electron chi connectivity index (χ1n) is 8.04. The molecule has 128 valence electrons. The maximum absolute atomic E-state index is 5.62. The molecule has 0 bridgehead atoms. The average Bonchev–Trinajstić information content (AvgIpc) is 3.11. The van der Waals surface area contributed by atoms with Crippen molar-refractivity contribution in [3.05, 3.63) is 23.8 Å². The Labute approximate surface area is 138 Å². The molecule has 1 heterocycles. The minimum atomic E-state index is 0.395. The maximum atomic E-state index is 5.62. The molecule has 1 saturated heterocycles. The fourth-order valence-corrected chi connectivity index (χ4v) is 2.62. The van der Waals surface area contributed by atoms with Crippen molar-refractivity contribution in [1.29, 1.82) is 0 Å². The molecule has 0 aliphatic carbocycles. The van der Waals surface area contributed by atoms with Gasteiger partial charge in [0.15, 0.2) is 17.5 Å². The molecule has 6 nitrogen and oxygen atoms in total. The van der Waals surface area contributed by atoms with Gasteiger partial charge in [-0.25, -0.2) is 0 Å². The lowest BCUT2D eigenvalue weighted by Crippen LogP contribution is -2.38. The summed E-state index contributed by atoms with van der Waals surface area (Å²) in [5.41, 5.74) is 1.10. The quantitative estimate of drug-likeness (QED) is 0.593. The number of benzene rings is 1. The number of guanidine groups is 1. The molecule has 0 spiro atoms. The van der Waals surface area contributed by atoms with Crippen molar-refractivity contribution >= 4 is 5.96 Å². The van der Waals surface area contributed by atoms with Crippen molar-refractivity contribution in [2.45, 2.75) is 31.9 Å². The van der Waals surface area contributed by atoms with E-state index < -0.39 is 0 Å². The second-order valence-electron chi connectivity index (χ2n) is 5.47. The fraction of sp³-hybridized carbons (Fsp3) is 0.588. The number of nitrogens with one attached hydrogen (secondary N) is 2. The van der Waals surface area contributed by atoms with Crippen LogP contribution < -0.4 is 20.1 Å². The van der Waals surface area contributed by atoms with Gasteiger partial charge in [-0.15, -0.1) is 0 Å². The molecule has 1 aliphatic heterocycles. The van der Waals surface area contributed by atoms with Gasteiger partial charge in [-0.1, -0.05) is 6.07 Å². The molecule has 6 heteroatoms. The summed E-state index contributed by atoms with van der Waals surface area (Å²) >= 11 is 0. The van der Waals surface area contributed by atoms with Crippen LogP contribution in [0.25, 0.3) is 0 Å². The first-order valence-corrected chi connectivity index (χ1v) is 8.04. The summed E-state index contributed by atoms with van der Waals surface area (Å²) in [4.78, 5) is 4.24. The van der Waals surface area contributed by atoms with Crippen LogP contribution in [0.2, 0.25) is 0 Å². The Balaban J connectivity index is 1.78. The van der Waals surface area contributed by atoms with Crippen molar-refractivity contribution in [1.82, 2.24) is 10.6 Å². The monoisotopic (exact) mass is 321 g/mol. The molecule has 2 rings (SSSR count). The molecule has 1 unspecified atom stereocenters. The Bertz CT molecular complexity index is 514. The molecule has 1 aromatic carbocycles. The summed E-state index contributed by atoms with van der Waals surface area (Å²) in [5, 5.41) is 6.62. The van der Waals surface area contributed by atoms with Gasteiger partial charge < -0.3 is 24.8 Å². The van der Waals surface area contributed by atoms with Gasteiger partial charge >= 0.3 is 0 Å². The Kier molecular flexibility index (Phi) is 7.00. The van der Waals surface area contributed by atoms with Gasteiger partial charge in [-0.3, -0.25) is 4.99 Å². The van der Waals surface area contributed by atoms with E-state index >= 15 is 0 Å². The zero-order valence-corrected chi connectivity index (χ0v) is 14.2. The SMILES string of the molecule is CN=C(NCCC1CCCO1)NCc1ccc(OC)c(OC)c1. The summed E-state index contributed by atoms with van der Waals surface area (Å²) in [6.45, 7) is 2.42. The second-order valence-corrected chi connectivity index (χ2v) is 5.47. The highest BCUT2D eigenvalue weighted by molar-refractivity contribution is 5.79. The van der Waals surface area contributed by atoms with Crippen LogP contribution >= 0.6 is 0 Å². The maximum Gasteiger partial charge on any atom is 0.191 e. The van der Waals surface area contributed by atoms with E-state index in [2.05, 4.69) is 15.6 Å². The third-order valence-corrected chi connectivity index (χ3v) is 3.91. The zero-order valence-electron chi connectivity index (χ0n) is 14.2. The number of ether oxygens (including phenoxy) is 3. The van der Waals surface area contributed by atoms with Gasteiger partial charge in [0.05, 0.1) is 20.3 Å². The van der Waals surface area contributed by atoms with Crippen LogP contribution in [-0.2, 0) is 11.3 Å². The van der Waals surface area contributed by atoms with E-state index in [-0.39, 0.29) is 0 Å². The Hall–Kier alpha value is -1.95. The molecule has 0 saturated carbocycles. The predicted molar refractivity (Wildman–Crippen MR) is 91.3 cm³/mol. The van der Waals surface area contributed by atoms with Gasteiger partial charge in [-0.05, 0) is 37.0 Å². The molecule has 1 aliphatic rings. The van der Waals surface area contributed by atoms with E-state index in [9.17, 15) is 0 Å². The number of nitrogens with zero attached hydrogens (tertiary/aromatic N) is 1. The molecular formula is C17H27N3O3. The van der Waals surface area contributed by atoms with E-state index in [4.69, 9.17) is 14.2 Å². The first-order chi connectivity index (χ1) is 11.3. The van der Waals surface area contributed by atoms with Crippen molar-refractivity contribution in [2.75, 3.05) is 34.4 Å². The van der Waals surface area contributed by atoms with Crippen molar-refractivity contribution in [3.63, 3.8) is 0 Å². The highest BCUT2D eigenvalue weighted by atomic mass is 16.5. The number of aliphatic imine (C=N–C) groups is 1. The van der Waals surface area contributed by atoms with Crippen LogP contribution in [0.15, 0.2) is 23.2 Å². The van der Waals surface area contributed by atoms with Crippen LogP contribution in [0.5, 0.6) is 11.5 Å². The van der Waals surface area contributed by atoms with Crippen LogP contribution in [0.4, 0.5) is 0 Å². The summed E-state index contributed by atoms with van der Waals surface area (Å²) in [7, 11) is 5.05. The molecule has 1 aromatic rings. The molecule has 1 fully saturated rings. The van der Waals surface area contributed by atoms with Crippen LogP contribution in [-0.4, -0.2) is 46.5 Å². The molecule has 1 atom stereocenters. The predicted octanol–water partition coefficient (Wildman–Crippen LogP) is 1.94. The molecular weight excluding hydrogens is 294 g/mol. The first kappa shape index (κ1) is 17.4. The molecule has 0 aromatic heterocycles. The van der Waals surface area contributed by atoms with Crippen molar-refractivity contribution in [2.24, 2.45) is 4.99 Å². The smallest absolute Gasteiger partial charge is 0.191 e. The topological polar surface area (TPSA) is 64.1 Å². The van der Waals surface area contributed by atoms with Gasteiger partial charge in [0.2, 0.25) is 0 Å². The number of rotatable bonds is 7. The van der Waals surface area contributed by atoms with E-state index in [1.54, 1.807) is 21.3 Å². The zero-order chi connectivity index (χ0) is 16.5. The summed E-state index contributed by atoms with van der Waals surface area (Å²) in [5.74, 6) is 2.25. The lowest BCUT2D eigenvalue weighted by atomic mass is 10.2. The van der Waals surface area contributed by atoms with Gasteiger partial charge in [-0.2, -0.15) is 0 Å². The summed E-state index contributed by atoms with van der Waals surface area (Å²) < 4.78 is 16.2. The third kappa shape index (κ3) is 5.32. The molecule has 2 N–H and O–H groups in total. The van der Waals surface area contributed by atoms with Gasteiger partial charge in [0.25, 0.3) is 0 Å². The highest BCUT2D eigenvalue weighted by Crippen LogP contribution is 2.27. The Morgan fingerprint density at radius 3 is 2.74 bits per heavy atom. The second kappa shape index (κ2) is 9.25. The summed E-state index contributed by atoms with van der Waals surface area (Å²) in [6, 6.07) is 5.88. The highest BCUT2D eigenvalue weighted by Gasteiger charge is 2.14. The largest absolute Gasteiger partial charge is 0.493 e. The Morgan fingerprint density at radius 1 is 1.26 bits per heavy atom. The van der Waals surface area contributed by atoms with Crippen molar-refractivity contribution in [3.8, 4) is 11.5 Å². The summed E-state index contributed by atoms with van der Waals surface area (Å²) in [6.07, 6.45) is 3.75.